The van der Waals surface area contributed by atoms with Gasteiger partial charge >= 0.3 is 6.03 Å². The summed E-state index contributed by atoms with van der Waals surface area (Å²) >= 11 is 0. The zero-order chi connectivity index (χ0) is 21.8. The summed E-state index contributed by atoms with van der Waals surface area (Å²) in [4.78, 5) is 35.2. The first-order valence-electron chi connectivity index (χ1n) is 11.0. The fourth-order valence-electron chi connectivity index (χ4n) is 4.27. The van der Waals surface area contributed by atoms with Crippen LogP contribution in [-0.2, 0) is 0 Å². The molecule has 0 saturated carbocycles. The molecule has 2 aliphatic rings. The van der Waals surface area contributed by atoms with Gasteiger partial charge in [-0.2, -0.15) is 0 Å². The van der Waals surface area contributed by atoms with Crippen molar-refractivity contribution in [3.05, 3.63) is 30.7 Å². The first-order valence-corrected chi connectivity index (χ1v) is 11.0. The van der Waals surface area contributed by atoms with Crippen molar-refractivity contribution in [2.24, 2.45) is 0 Å². The number of anilines is 4. The van der Waals surface area contributed by atoms with E-state index in [1.807, 2.05) is 0 Å². The van der Waals surface area contributed by atoms with Gasteiger partial charge < -0.3 is 14.7 Å². The molecule has 166 valence electrons. The summed E-state index contributed by atoms with van der Waals surface area (Å²) in [6.45, 7) is 7.02. The minimum Gasteiger partial charge on any atom is -0.372 e. The van der Waals surface area contributed by atoms with Crippen LogP contribution in [0.2, 0.25) is 0 Å². The van der Waals surface area contributed by atoms with E-state index in [2.05, 4.69) is 63.1 Å². The number of aromatic nitrogens is 3. The van der Waals surface area contributed by atoms with Gasteiger partial charge in [-0.1, -0.05) is 0 Å². The quantitative estimate of drug-likeness (QED) is 0.794. The van der Waals surface area contributed by atoms with Crippen molar-refractivity contribution in [2.75, 3.05) is 66.8 Å². The maximum absolute atomic E-state index is 13.4. The smallest absolute Gasteiger partial charge is 0.328 e. The molecule has 2 aromatic rings. The molecule has 0 unspecified atom stereocenters. The summed E-state index contributed by atoms with van der Waals surface area (Å²) < 4.78 is 0. The third kappa shape index (κ3) is 4.87. The summed E-state index contributed by atoms with van der Waals surface area (Å²) in [5.74, 6) is 2.11. The number of hydrogen-bond acceptors (Lipinski definition) is 7. The average molecular weight is 425 g/mol. The molecule has 0 radical (unpaired) electrons. The lowest BCUT2D eigenvalue weighted by molar-refractivity contribution is 0.254. The molecule has 31 heavy (non-hydrogen) atoms. The molecular weight excluding hydrogens is 392 g/mol. The Labute approximate surface area is 184 Å². The second-order valence-corrected chi connectivity index (χ2v) is 8.46. The first kappa shape index (κ1) is 21.3. The number of likely N-dealkylation sites (N-methyl/N-ethyl adjacent to an activating group) is 1. The highest BCUT2D eigenvalue weighted by Gasteiger charge is 2.30. The number of hydrogen-bond donors (Lipinski definition) is 1. The van der Waals surface area contributed by atoms with Gasteiger partial charge in [0.1, 0.15) is 18.0 Å². The highest BCUT2D eigenvalue weighted by atomic mass is 16.2. The van der Waals surface area contributed by atoms with Crippen LogP contribution in [0.3, 0.4) is 0 Å². The molecule has 4 heterocycles. The van der Waals surface area contributed by atoms with E-state index in [1.54, 1.807) is 17.2 Å². The van der Waals surface area contributed by atoms with Crippen LogP contribution in [0.5, 0.6) is 0 Å². The summed E-state index contributed by atoms with van der Waals surface area (Å²) in [6.07, 6.45) is 6.06. The van der Waals surface area contributed by atoms with Crippen LogP contribution < -0.4 is 20.0 Å². The number of carbonyl (C=O) groups is 1. The van der Waals surface area contributed by atoms with E-state index >= 15 is 0 Å². The fourth-order valence-corrected chi connectivity index (χ4v) is 4.27. The van der Waals surface area contributed by atoms with Crippen molar-refractivity contribution in [1.82, 2.24) is 19.9 Å². The Morgan fingerprint density at radius 2 is 1.94 bits per heavy atom. The molecule has 2 amide bonds. The van der Waals surface area contributed by atoms with Crippen LogP contribution in [0, 0.1) is 0 Å². The van der Waals surface area contributed by atoms with E-state index in [-0.39, 0.29) is 12.1 Å². The Morgan fingerprint density at radius 3 is 2.74 bits per heavy atom. The van der Waals surface area contributed by atoms with E-state index in [0.717, 1.165) is 63.5 Å². The van der Waals surface area contributed by atoms with Crippen molar-refractivity contribution < 1.29 is 4.79 Å². The van der Waals surface area contributed by atoms with Crippen molar-refractivity contribution in [1.29, 1.82) is 0 Å². The lowest BCUT2D eigenvalue weighted by atomic mass is 10.1. The van der Waals surface area contributed by atoms with E-state index in [1.165, 1.54) is 6.33 Å². The lowest BCUT2D eigenvalue weighted by Crippen LogP contribution is -2.45. The molecule has 0 aromatic carbocycles. The van der Waals surface area contributed by atoms with Crippen molar-refractivity contribution in [3.63, 3.8) is 0 Å². The minimum absolute atomic E-state index is 0.0207. The normalized spacial score (nSPS) is 20.5. The van der Waals surface area contributed by atoms with E-state index < -0.39 is 0 Å². The molecule has 1 saturated heterocycles. The lowest BCUT2D eigenvalue weighted by Gasteiger charge is -2.36. The van der Waals surface area contributed by atoms with E-state index in [9.17, 15) is 4.79 Å². The second kappa shape index (κ2) is 9.47. The first-order chi connectivity index (χ1) is 15.0. The topological polar surface area (TPSA) is 80.7 Å². The van der Waals surface area contributed by atoms with Gasteiger partial charge in [-0.15, -0.1) is 0 Å². The maximum atomic E-state index is 13.4. The van der Waals surface area contributed by atoms with E-state index in [0.29, 0.717) is 11.6 Å². The SMILES string of the molecule is C[C@@H]1CCCN(C)c2ccc(N3CCCN(C)CC3)nc2N1C(=O)Nc1ccncn1. The molecular formula is C22H32N8O. The van der Waals surface area contributed by atoms with Crippen LogP contribution in [0.1, 0.15) is 26.2 Å². The summed E-state index contributed by atoms with van der Waals surface area (Å²) in [7, 11) is 4.23. The zero-order valence-corrected chi connectivity index (χ0v) is 18.7. The predicted molar refractivity (Wildman–Crippen MR) is 124 cm³/mol. The largest absolute Gasteiger partial charge is 0.372 e. The third-order valence-electron chi connectivity index (χ3n) is 6.11. The van der Waals surface area contributed by atoms with Crippen LogP contribution >= 0.6 is 0 Å². The maximum Gasteiger partial charge on any atom is 0.328 e. The Morgan fingerprint density at radius 1 is 1.06 bits per heavy atom. The van der Waals surface area contributed by atoms with Crippen LogP contribution in [0.15, 0.2) is 30.7 Å². The minimum atomic E-state index is -0.219. The molecule has 9 nitrogen and oxygen atoms in total. The van der Waals surface area contributed by atoms with Gasteiger partial charge in [0, 0.05) is 45.5 Å². The highest BCUT2D eigenvalue weighted by Crippen LogP contribution is 2.34. The fraction of sp³-hybridized carbons (Fsp3) is 0.545. The molecule has 9 heteroatoms. The molecule has 0 spiro atoms. The van der Waals surface area contributed by atoms with Gasteiger partial charge in [0.05, 0.1) is 5.69 Å². The number of carbonyl (C=O) groups excluding carboxylic acids is 1. The number of nitrogens with one attached hydrogen (secondary N) is 1. The molecule has 0 aliphatic carbocycles. The number of fused-ring (bicyclic) bond motifs is 1. The van der Waals surface area contributed by atoms with Crippen LogP contribution in [-0.4, -0.2) is 78.7 Å². The third-order valence-corrected chi connectivity index (χ3v) is 6.11. The Kier molecular flexibility index (Phi) is 6.50. The van der Waals surface area contributed by atoms with Crippen LogP contribution in [0.4, 0.5) is 27.9 Å². The zero-order valence-electron chi connectivity index (χ0n) is 18.7. The summed E-state index contributed by atoms with van der Waals surface area (Å²) in [5, 5.41) is 2.92. The van der Waals surface area contributed by atoms with Crippen molar-refractivity contribution in [3.8, 4) is 0 Å². The molecule has 1 N–H and O–H groups in total. The summed E-state index contributed by atoms with van der Waals surface area (Å²) in [5.41, 5.74) is 0.972. The molecule has 1 atom stereocenters. The van der Waals surface area contributed by atoms with Gasteiger partial charge in [-0.05, 0) is 58.0 Å². The number of pyridine rings is 1. The molecule has 4 rings (SSSR count). The average Bonchev–Trinajstić information content (AvgIpc) is 2.98. The van der Waals surface area contributed by atoms with Crippen molar-refractivity contribution in [2.45, 2.75) is 32.2 Å². The van der Waals surface area contributed by atoms with Gasteiger partial charge in [0.15, 0.2) is 5.82 Å². The Bertz CT molecular complexity index is 892. The Balaban J connectivity index is 1.69. The molecule has 2 aliphatic heterocycles. The van der Waals surface area contributed by atoms with Gasteiger partial charge in [-0.25, -0.2) is 19.7 Å². The highest BCUT2D eigenvalue weighted by molar-refractivity contribution is 6.03. The number of rotatable bonds is 2. The molecule has 2 aromatic heterocycles. The summed E-state index contributed by atoms with van der Waals surface area (Å²) in [6, 6.07) is 5.69. The second-order valence-electron chi connectivity index (χ2n) is 8.46. The number of amides is 2. The van der Waals surface area contributed by atoms with Gasteiger partial charge in [-0.3, -0.25) is 10.2 Å². The van der Waals surface area contributed by atoms with Gasteiger partial charge in [0.25, 0.3) is 0 Å². The standard InChI is InChI=1S/C22H32N8O/c1-17-6-4-12-28(3)18-7-8-20(29-13-5-11-27(2)14-15-29)26-21(18)30(17)22(31)25-19-9-10-23-16-24-19/h7-10,16-17H,4-6,11-15H2,1-3H3,(H,23,24,25,31)/t17-/m1/s1. The molecule has 0 bridgehead atoms. The molecule has 1 fully saturated rings. The van der Waals surface area contributed by atoms with Crippen molar-refractivity contribution >= 4 is 29.2 Å². The van der Waals surface area contributed by atoms with Gasteiger partial charge in [0.2, 0.25) is 0 Å². The number of urea groups is 1. The predicted octanol–water partition coefficient (Wildman–Crippen LogP) is 2.67. The van der Waals surface area contributed by atoms with Crippen LogP contribution in [0.25, 0.3) is 0 Å². The monoisotopic (exact) mass is 424 g/mol. The van der Waals surface area contributed by atoms with E-state index in [4.69, 9.17) is 4.98 Å². The number of nitrogens with zero attached hydrogens (tertiary/aromatic N) is 7. The Hall–Kier alpha value is -2.94.